The second-order valence-corrected chi connectivity index (χ2v) is 5.68. The number of thiophene rings is 1. The summed E-state index contributed by atoms with van der Waals surface area (Å²) in [5.41, 5.74) is 8.54. The van der Waals surface area contributed by atoms with Crippen molar-refractivity contribution in [2.45, 2.75) is 12.5 Å². The van der Waals surface area contributed by atoms with Crippen molar-refractivity contribution in [1.29, 1.82) is 0 Å². The van der Waals surface area contributed by atoms with Crippen molar-refractivity contribution in [1.82, 2.24) is 0 Å². The van der Waals surface area contributed by atoms with Crippen LogP contribution < -0.4 is 5.73 Å². The van der Waals surface area contributed by atoms with E-state index < -0.39 is 0 Å². The summed E-state index contributed by atoms with van der Waals surface area (Å²) in [7, 11) is 0. The molecule has 1 atom stereocenters. The Labute approximate surface area is 112 Å². The maximum atomic E-state index is 6.17. The van der Waals surface area contributed by atoms with Crippen LogP contribution in [0.4, 0.5) is 0 Å². The van der Waals surface area contributed by atoms with Crippen LogP contribution in [0, 0.1) is 0 Å². The molecule has 4 heteroatoms. The lowest BCUT2D eigenvalue weighted by atomic mass is 10.0. The van der Waals surface area contributed by atoms with Gasteiger partial charge in [0.25, 0.3) is 0 Å². The molecule has 0 amide bonds. The molecule has 1 nitrogen and oxygen atoms in total. The largest absolute Gasteiger partial charge is 0.324 e. The standard InChI is InChI=1S/C12H11BrClNS/c13-11-6-9(14)1-2-10(11)12(15)5-8-3-4-16-7-8/h1-4,6-7,12H,5,15H2. The highest BCUT2D eigenvalue weighted by atomic mass is 79.9. The predicted octanol–water partition coefficient (Wildman–Crippen LogP) is 4.41. The molecule has 1 unspecified atom stereocenters. The summed E-state index contributed by atoms with van der Waals surface area (Å²) in [4.78, 5) is 0. The minimum Gasteiger partial charge on any atom is -0.324 e. The van der Waals surface area contributed by atoms with Gasteiger partial charge < -0.3 is 5.73 Å². The second-order valence-electron chi connectivity index (χ2n) is 3.61. The topological polar surface area (TPSA) is 26.0 Å². The summed E-state index contributed by atoms with van der Waals surface area (Å²) in [6, 6.07) is 7.83. The molecule has 0 saturated carbocycles. The molecule has 2 N–H and O–H groups in total. The Morgan fingerprint density at radius 2 is 2.19 bits per heavy atom. The van der Waals surface area contributed by atoms with Crippen LogP contribution in [0.3, 0.4) is 0 Å². The molecule has 0 bridgehead atoms. The molecule has 0 aliphatic heterocycles. The van der Waals surface area contributed by atoms with Gasteiger partial charge in [-0.25, -0.2) is 0 Å². The fraction of sp³-hybridized carbons (Fsp3) is 0.167. The lowest BCUT2D eigenvalue weighted by Crippen LogP contribution is -2.13. The molecular formula is C12H11BrClNS. The van der Waals surface area contributed by atoms with Crippen molar-refractivity contribution in [3.63, 3.8) is 0 Å². The highest BCUT2D eigenvalue weighted by Crippen LogP contribution is 2.27. The third-order valence-electron chi connectivity index (χ3n) is 2.40. The third kappa shape index (κ3) is 2.86. The van der Waals surface area contributed by atoms with Gasteiger partial charge in [-0.2, -0.15) is 11.3 Å². The van der Waals surface area contributed by atoms with Crippen molar-refractivity contribution in [3.05, 3.63) is 55.6 Å². The molecular weight excluding hydrogens is 306 g/mol. The van der Waals surface area contributed by atoms with Crippen LogP contribution >= 0.6 is 38.9 Å². The van der Waals surface area contributed by atoms with E-state index in [0.717, 1.165) is 21.5 Å². The molecule has 0 aliphatic carbocycles. The van der Waals surface area contributed by atoms with Gasteiger partial charge >= 0.3 is 0 Å². The van der Waals surface area contributed by atoms with Gasteiger partial charge in [0.05, 0.1) is 0 Å². The Kier molecular flexibility index (Phi) is 4.03. The molecule has 84 valence electrons. The molecule has 0 spiro atoms. The number of benzene rings is 1. The lowest BCUT2D eigenvalue weighted by molar-refractivity contribution is 0.720. The second kappa shape index (κ2) is 5.32. The summed E-state index contributed by atoms with van der Waals surface area (Å²) >= 11 is 11.1. The average Bonchev–Trinajstić information content (AvgIpc) is 2.70. The maximum Gasteiger partial charge on any atom is 0.0417 e. The number of rotatable bonds is 3. The highest BCUT2D eigenvalue weighted by molar-refractivity contribution is 9.10. The summed E-state index contributed by atoms with van der Waals surface area (Å²) in [6.45, 7) is 0. The van der Waals surface area contributed by atoms with Crippen LogP contribution in [0.25, 0.3) is 0 Å². The van der Waals surface area contributed by atoms with Gasteiger partial charge in [-0.1, -0.05) is 33.6 Å². The molecule has 0 radical (unpaired) electrons. The van der Waals surface area contributed by atoms with Gasteiger partial charge in [0.1, 0.15) is 0 Å². The zero-order chi connectivity index (χ0) is 11.5. The Morgan fingerprint density at radius 1 is 1.38 bits per heavy atom. The Hall–Kier alpha value is -0.350. The van der Waals surface area contributed by atoms with E-state index in [1.807, 2.05) is 18.2 Å². The normalized spacial score (nSPS) is 12.7. The maximum absolute atomic E-state index is 6.17. The molecule has 2 rings (SSSR count). The predicted molar refractivity (Wildman–Crippen MR) is 74.1 cm³/mol. The minimum atomic E-state index is 0.00115. The Morgan fingerprint density at radius 3 is 2.81 bits per heavy atom. The van der Waals surface area contributed by atoms with E-state index in [4.69, 9.17) is 17.3 Å². The van der Waals surface area contributed by atoms with Crippen molar-refractivity contribution >= 4 is 38.9 Å². The van der Waals surface area contributed by atoms with Crippen LogP contribution in [-0.2, 0) is 6.42 Å². The van der Waals surface area contributed by atoms with E-state index in [-0.39, 0.29) is 6.04 Å². The average molecular weight is 317 g/mol. The van der Waals surface area contributed by atoms with Gasteiger partial charge in [-0.3, -0.25) is 0 Å². The smallest absolute Gasteiger partial charge is 0.0417 e. The van der Waals surface area contributed by atoms with E-state index in [2.05, 4.69) is 32.8 Å². The number of nitrogens with two attached hydrogens (primary N) is 1. The van der Waals surface area contributed by atoms with Crippen molar-refractivity contribution < 1.29 is 0 Å². The molecule has 0 aliphatic rings. The van der Waals surface area contributed by atoms with Gasteiger partial charge in [0.2, 0.25) is 0 Å². The monoisotopic (exact) mass is 315 g/mol. The summed E-state index contributed by atoms with van der Waals surface area (Å²) in [5, 5.41) is 4.92. The van der Waals surface area contributed by atoms with Crippen LogP contribution in [0.15, 0.2) is 39.5 Å². The first-order valence-electron chi connectivity index (χ1n) is 4.88. The fourth-order valence-electron chi connectivity index (χ4n) is 1.57. The first kappa shape index (κ1) is 12.1. The van der Waals surface area contributed by atoms with Gasteiger partial charge in [-0.15, -0.1) is 0 Å². The molecule has 0 saturated heterocycles. The van der Waals surface area contributed by atoms with Gasteiger partial charge in [0, 0.05) is 15.5 Å². The van der Waals surface area contributed by atoms with Gasteiger partial charge in [0.15, 0.2) is 0 Å². The van der Waals surface area contributed by atoms with E-state index >= 15 is 0 Å². The number of halogens is 2. The van der Waals surface area contributed by atoms with E-state index in [1.54, 1.807) is 11.3 Å². The first-order valence-corrected chi connectivity index (χ1v) is 7.00. The Balaban J connectivity index is 2.17. The Bertz CT molecular complexity index is 470. The zero-order valence-electron chi connectivity index (χ0n) is 8.49. The summed E-state index contributed by atoms with van der Waals surface area (Å²) < 4.78 is 0.975. The van der Waals surface area contributed by atoms with E-state index in [1.165, 1.54) is 5.56 Å². The third-order valence-corrected chi connectivity index (χ3v) is 4.05. The van der Waals surface area contributed by atoms with Crippen LogP contribution in [0.1, 0.15) is 17.2 Å². The zero-order valence-corrected chi connectivity index (χ0v) is 11.6. The van der Waals surface area contributed by atoms with Crippen molar-refractivity contribution in [3.8, 4) is 0 Å². The molecule has 2 aromatic rings. The lowest BCUT2D eigenvalue weighted by Gasteiger charge is -2.13. The van der Waals surface area contributed by atoms with Crippen molar-refractivity contribution in [2.24, 2.45) is 5.73 Å². The molecule has 16 heavy (non-hydrogen) atoms. The van der Waals surface area contributed by atoms with Crippen LogP contribution in [0.2, 0.25) is 5.02 Å². The summed E-state index contributed by atoms with van der Waals surface area (Å²) in [5.74, 6) is 0. The molecule has 1 aromatic carbocycles. The number of hydrogen-bond donors (Lipinski definition) is 1. The van der Waals surface area contributed by atoms with Crippen molar-refractivity contribution in [2.75, 3.05) is 0 Å². The van der Waals surface area contributed by atoms with Crippen LogP contribution in [0.5, 0.6) is 0 Å². The number of hydrogen-bond acceptors (Lipinski definition) is 2. The molecule has 1 heterocycles. The van der Waals surface area contributed by atoms with E-state index in [9.17, 15) is 0 Å². The first-order chi connectivity index (χ1) is 7.66. The molecule has 0 fully saturated rings. The van der Waals surface area contributed by atoms with Crippen LogP contribution in [-0.4, -0.2) is 0 Å². The minimum absolute atomic E-state index is 0.00115. The SMILES string of the molecule is NC(Cc1ccsc1)c1ccc(Cl)cc1Br. The van der Waals surface area contributed by atoms with Gasteiger partial charge in [-0.05, 0) is 46.5 Å². The quantitative estimate of drug-likeness (QED) is 0.892. The van der Waals surface area contributed by atoms with E-state index in [0.29, 0.717) is 0 Å². The highest BCUT2D eigenvalue weighted by Gasteiger charge is 2.11. The summed E-state index contributed by atoms with van der Waals surface area (Å²) in [6.07, 6.45) is 0.851. The fourth-order valence-corrected chi connectivity index (χ4v) is 3.23. The molecule has 1 aromatic heterocycles.